The molecule has 0 N–H and O–H groups in total. The standard InChI is InChI=1S/Li.Ni.O.S2/c;;;1-2/q+1;2*+2;-2. The maximum Gasteiger partial charge on any atom is 2.00 e. The van der Waals surface area contributed by atoms with Gasteiger partial charge in [-0.1, -0.05) is 0 Å². The van der Waals surface area contributed by atoms with Crippen molar-refractivity contribution in [3.05, 3.63) is 0 Å². The Kier molecular flexibility index (Phi) is 250. The van der Waals surface area contributed by atoms with Crippen molar-refractivity contribution in [2.24, 2.45) is 0 Å². The molecule has 0 atom stereocenters. The van der Waals surface area contributed by atoms with Crippen LogP contribution in [0.1, 0.15) is 0 Å². The fraction of sp³-hybridized carbons (Fsp3) is 0. The third-order valence-corrected chi connectivity index (χ3v) is 0. The quantitative estimate of drug-likeness (QED) is 0.205. The van der Waals surface area contributed by atoms with Crippen LogP contribution in [0.3, 0.4) is 0 Å². The monoisotopic (exact) mass is 145 g/mol. The molecule has 0 aliphatic carbocycles. The first-order chi connectivity index (χ1) is 1.00. The summed E-state index contributed by atoms with van der Waals surface area (Å²) < 4.78 is 0. The Hall–Kier alpha value is 1.75. The van der Waals surface area contributed by atoms with E-state index >= 15 is 0 Å². The molecule has 0 aromatic heterocycles. The molecule has 0 spiro atoms. The second-order valence-corrected chi connectivity index (χ2v) is 0. The molecule has 5 heteroatoms. The van der Waals surface area contributed by atoms with Gasteiger partial charge in [0, 0.05) is 0 Å². The summed E-state index contributed by atoms with van der Waals surface area (Å²) in [4.78, 5) is 0. The van der Waals surface area contributed by atoms with Gasteiger partial charge in [-0.3, -0.25) is 0 Å². The summed E-state index contributed by atoms with van der Waals surface area (Å²) in [6.45, 7) is 0. The van der Waals surface area contributed by atoms with Crippen molar-refractivity contribution >= 4 is 23.3 Å². The first-order valence-corrected chi connectivity index (χ1v) is 1.50. The Morgan fingerprint density at radius 2 is 1.00 bits per heavy atom. The molecular formula is LiNiOS2+3. The van der Waals surface area contributed by atoms with Crippen molar-refractivity contribution < 1.29 is 40.8 Å². The molecule has 26 valence electrons. The SMILES string of the molecule is [Li+].[Ni+2].[O+2].[S-][S-]. The van der Waals surface area contributed by atoms with Crippen LogP contribution in [0, 0.1) is 0 Å². The molecule has 0 aromatic carbocycles. The van der Waals surface area contributed by atoms with Crippen molar-refractivity contribution in [3.8, 4) is 0 Å². The topological polar surface area (TPSA) is 28.5 Å². The average molecular weight is 146 g/mol. The Morgan fingerprint density at radius 3 is 1.00 bits per heavy atom. The zero-order valence-electron chi connectivity index (χ0n) is 2.54. The molecule has 0 unspecified atom stereocenters. The minimum absolute atomic E-state index is 0. The van der Waals surface area contributed by atoms with Crippen LogP contribution >= 0.6 is 0 Å². The Labute approximate surface area is 63.9 Å². The van der Waals surface area contributed by atoms with Crippen LogP contribution in [0.4, 0.5) is 0 Å². The summed E-state index contributed by atoms with van der Waals surface area (Å²) >= 11 is 7.33. The van der Waals surface area contributed by atoms with Gasteiger partial charge in [0.2, 0.25) is 0 Å². The molecule has 0 bridgehead atoms. The van der Waals surface area contributed by atoms with Crippen molar-refractivity contribution in [1.82, 2.24) is 0 Å². The first kappa shape index (κ1) is 29.5. The fourth-order valence-corrected chi connectivity index (χ4v) is 0. The fourth-order valence-electron chi connectivity index (χ4n) is 0. The largest absolute Gasteiger partial charge is 2.00 e. The molecule has 0 aromatic rings. The molecule has 0 aliphatic rings. The normalized spacial score (nSPS) is 1.20. The smallest absolute Gasteiger partial charge is 1.00 e. The van der Waals surface area contributed by atoms with Gasteiger partial charge in [-0.05, 0) is 0 Å². The minimum atomic E-state index is 0. The van der Waals surface area contributed by atoms with Crippen LogP contribution in [0.5, 0.6) is 0 Å². The zero-order chi connectivity index (χ0) is 2.00. The van der Waals surface area contributed by atoms with Crippen molar-refractivity contribution in [1.29, 1.82) is 0 Å². The van der Waals surface area contributed by atoms with E-state index in [9.17, 15) is 0 Å². The van der Waals surface area contributed by atoms with Crippen molar-refractivity contribution in [3.63, 3.8) is 0 Å². The van der Waals surface area contributed by atoms with Gasteiger partial charge in [0.15, 0.2) is 0 Å². The predicted octanol–water partition coefficient (Wildman–Crippen LogP) is -3.12. The van der Waals surface area contributed by atoms with Crippen molar-refractivity contribution in [2.45, 2.75) is 0 Å². The first-order valence-electron chi connectivity index (χ1n) is 0.167. The molecule has 0 heterocycles. The zero-order valence-corrected chi connectivity index (χ0v) is 5.16. The molecule has 0 saturated heterocycles. The third-order valence-electron chi connectivity index (χ3n) is 0. The summed E-state index contributed by atoms with van der Waals surface area (Å²) in [6, 6.07) is 0. The third kappa shape index (κ3) is 26.4. The number of hydrogen-bond acceptors (Lipinski definition) is 2. The summed E-state index contributed by atoms with van der Waals surface area (Å²) in [6.07, 6.45) is 0. The van der Waals surface area contributed by atoms with Crippen LogP contribution in [-0.2, 0) is 45.3 Å². The predicted molar refractivity (Wildman–Crippen MR) is 15.4 cm³/mol. The number of hydrogen-bond donors (Lipinski definition) is 0. The molecule has 4 radical (unpaired) electrons. The van der Waals surface area contributed by atoms with E-state index in [0.717, 1.165) is 0 Å². The van der Waals surface area contributed by atoms with Gasteiger partial charge in [-0.25, -0.2) is 0 Å². The van der Waals surface area contributed by atoms with E-state index in [1.165, 1.54) is 0 Å². The summed E-state index contributed by atoms with van der Waals surface area (Å²) in [7, 11) is 0. The van der Waals surface area contributed by atoms with Crippen molar-refractivity contribution in [2.75, 3.05) is 0 Å². The van der Waals surface area contributed by atoms with E-state index in [4.69, 9.17) is 0 Å². The van der Waals surface area contributed by atoms with Gasteiger partial charge in [0.25, 0.3) is 0 Å². The molecule has 0 fully saturated rings. The Morgan fingerprint density at radius 1 is 1.00 bits per heavy atom. The van der Waals surface area contributed by atoms with Crippen LogP contribution < -0.4 is 18.9 Å². The van der Waals surface area contributed by atoms with Crippen LogP contribution in [0.2, 0.25) is 0 Å². The van der Waals surface area contributed by atoms with Gasteiger partial charge >= 0.3 is 40.8 Å². The molecule has 5 heavy (non-hydrogen) atoms. The Balaban J connectivity index is -0.00000000167. The second-order valence-electron chi connectivity index (χ2n) is 0. The van der Waals surface area contributed by atoms with Gasteiger partial charge in [0.05, 0.1) is 0 Å². The van der Waals surface area contributed by atoms with E-state index in [1.54, 1.807) is 0 Å². The molecular weight excluding hydrogens is 146 g/mol. The van der Waals surface area contributed by atoms with Crippen LogP contribution in [0.15, 0.2) is 0 Å². The summed E-state index contributed by atoms with van der Waals surface area (Å²) in [5.74, 6) is 0. The summed E-state index contributed by atoms with van der Waals surface area (Å²) in [5, 5.41) is 0. The van der Waals surface area contributed by atoms with E-state index in [0.29, 0.717) is 0 Å². The molecule has 1 nitrogen and oxygen atoms in total. The maximum absolute atomic E-state index is 3.67. The Bertz CT molecular complexity index is 9.61. The van der Waals surface area contributed by atoms with E-state index in [-0.39, 0.29) is 40.8 Å². The second kappa shape index (κ2) is 42.3. The molecule has 0 rings (SSSR count). The molecule has 0 aliphatic heterocycles. The maximum atomic E-state index is 3.67. The van der Waals surface area contributed by atoms with E-state index in [2.05, 4.69) is 23.3 Å². The van der Waals surface area contributed by atoms with E-state index < -0.39 is 0 Å². The minimum Gasteiger partial charge on any atom is -1.00 e. The van der Waals surface area contributed by atoms with Crippen LogP contribution in [-0.4, -0.2) is 0 Å². The number of rotatable bonds is 0. The van der Waals surface area contributed by atoms with Gasteiger partial charge in [0.1, 0.15) is 0 Å². The molecule has 0 saturated carbocycles. The van der Waals surface area contributed by atoms with Crippen LogP contribution in [0.25, 0.3) is 0 Å². The van der Waals surface area contributed by atoms with Gasteiger partial charge in [-0.2, -0.15) is 0 Å². The summed E-state index contributed by atoms with van der Waals surface area (Å²) in [5.41, 5.74) is 0. The van der Waals surface area contributed by atoms with Gasteiger partial charge < -0.3 is 23.3 Å². The van der Waals surface area contributed by atoms with Gasteiger partial charge in [-0.15, -0.1) is 0 Å². The van der Waals surface area contributed by atoms with E-state index in [1.807, 2.05) is 0 Å². The average Bonchev–Trinajstić information content (AvgIpc) is 1.00. The molecule has 0 amide bonds.